The highest BCUT2D eigenvalue weighted by molar-refractivity contribution is 5.93. The maximum Gasteiger partial charge on any atom is 0.312 e. The monoisotopic (exact) mass is 207 g/mol. The SMILES string of the molecule is COc1ccc([N+](=O)[O-])c2occ(C)c12. The maximum atomic E-state index is 10.7. The number of furan rings is 1. The number of benzene rings is 1. The van der Waals surface area contributed by atoms with E-state index >= 15 is 0 Å². The lowest BCUT2D eigenvalue weighted by atomic mass is 10.1. The van der Waals surface area contributed by atoms with Crippen molar-refractivity contribution in [2.75, 3.05) is 7.11 Å². The molecule has 5 heteroatoms. The Morgan fingerprint density at radius 3 is 2.80 bits per heavy atom. The first-order chi connectivity index (χ1) is 7.15. The fraction of sp³-hybridized carbons (Fsp3) is 0.200. The maximum absolute atomic E-state index is 10.7. The van der Waals surface area contributed by atoms with Gasteiger partial charge in [-0.2, -0.15) is 0 Å². The number of methoxy groups -OCH3 is 1. The van der Waals surface area contributed by atoms with E-state index in [1.54, 1.807) is 6.07 Å². The summed E-state index contributed by atoms with van der Waals surface area (Å²) in [6, 6.07) is 2.95. The molecular formula is C10H9NO4. The average molecular weight is 207 g/mol. The molecule has 78 valence electrons. The van der Waals surface area contributed by atoms with E-state index in [1.165, 1.54) is 19.4 Å². The van der Waals surface area contributed by atoms with Gasteiger partial charge in [-0.1, -0.05) is 0 Å². The van der Waals surface area contributed by atoms with Crippen LogP contribution in [0.4, 0.5) is 5.69 Å². The molecule has 0 radical (unpaired) electrons. The van der Waals surface area contributed by atoms with Crippen molar-refractivity contribution < 1.29 is 14.1 Å². The molecule has 5 nitrogen and oxygen atoms in total. The molecule has 0 spiro atoms. The predicted octanol–water partition coefficient (Wildman–Crippen LogP) is 2.66. The Hall–Kier alpha value is -2.04. The van der Waals surface area contributed by atoms with Gasteiger partial charge in [-0.3, -0.25) is 10.1 Å². The van der Waals surface area contributed by atoms with Gasteiger partial charge in [-0.15, -0.1) is 0 Å². The van der Waals surface area contributed by atoms with Gasteiger partial charge in [0, 0.05) is 6.07 Å². The van der Waals surface area contributed by atoms with Gasteiger partial charge >= 0.3 is 5.69 Å². The second kappa shape index (κ2) is 3.27. The summed E-state index contributed by atoms with van der Waals surface area (Å²) in [6.45, 7) is 1.82. The van der Waals surface area contributed by atoms with Gasteiger partial charge in [0.15, 0.2) is 0 Å². The molecule has 0 bridgehead atoms. The van der Waals surface area contributed by atoms with E-state index in [2.05, 4.69) is 0 Å². The summed E-state index contributed by atoms with van der Waals surface area (Å²) in [4.78, 5) is 10.3. The average Bonchev–Trinajstić information content (AvgIpc) is 2.60. The van der Waals surface area contributed by atoms with Gasteiger partial charge in [-0.05, 0) is 18.6 Å². The van der Waals surface area contributed by atoms with Crippen molar-refractivity contribution in [2.24, 2.45) is 0 Å². The lowest BCUT2D eigenvalue weighted by Gasteiger charge is -2.01. The molecule has 0 aliphatic heterocycles. The molecule has 0 aliphatic carbocycles. The van der Waals surface area contributed by atoms with Crippen LogP contribution < -0.4 is 4.74 Å². The summed E-state index contributed by atoms with van der Waals surface area (Å²) >= 11 is 0. The lowest BCUT2D eigenvalue weighted by molar-refractivity contribution is -0.383. The molecule has 0 fully saturated rings. The van der Waals surface area contributed by atoms with E-state index in [-0.39, 0.29) is 11.3 Å². The van der Waals surface area contributed by atoms with Crippen molar-refractivity contribution >= 4 is 16.7 Å². The third-order valence-electron chi connectivity index (χ3n) is 2.26. The van der Waals surface area contributed by atoms with Gasteiger partial charge < -0.3 is 9.15 Å². The third kappa shape index (κ3) is 1.32. The molecule has 0 N–H and O–H groups in total. The Kier molecular flexibility index (Phi) is 2.07. The van der Waals surface area contributed by atoms with Crippen LogP contribution in [0.2, 0.25) is 0 Å². The number of ether oxygens (including phenoxy) is 1. The molecule has 0 amide bonds. The zero-order valence-corrected chi connectivity index (χ0v) is 8.31. The molecule has 0 saturated heterocycles. The minimum Gasteiger partial charge on any atom is -0.496 e. The Balaban J connectivity index is 2.85. The molecule has 0 aliphatic rings. The van der Waals surface area contributed by atoms with Crippen molar-refractivity contribution in [1.29, 1.82) is 0 Å². The van der Waals surface area contributed by atoms with Crippen LogP contribution in [0.5, 0.6) is 5.75 Å². The van der Waals surface area contributed by atoms with Crippen LogP contribution in [0.15, 0.2) is 22.8 Å². The van der Waals surface area contributed by atoms with Crippen LogP contribution >= 0.6 is 0 Å². The van der Waals surface area contributed by atoms with E-state index in [0.29, 0.717) is 11.1 Å². The van der Waals surface area contributed by atoms with Crippen LogP contribution in [0.3, 0.4) is 0 Å². The highest BCUT2D eigenvalue weighted by Gasteiger charge is 2.19. The van der Waals surface area contributed by atoms with Crippen molar-refractivity contribution in [3.05, 3.63) is 34.1 Å². The van der Waals surface area contributed by atoms with Crippen LogP contribution in [-0.4, -0.2) is 12.0 Å². The Morgan fingerprint density at radius 1 is 1.47 bits per heavy atom. The van der Waals surface area contributed by atoms with E-state index in [0.717, 1.165) is 5.56 Å². The van der Waals surface area contributed by atoms with Crippen molar-refractivity contribution in [2.45, 2.75) is 6.92 Å². The number of nitrogens with zero attached hydrogens (tertiary/aromatic N) is 1. The first-order valence-electron chi connectivity index (χ1n) is 4.34. The van der Waals surface area contributed by atoms with Gasteiger partial charge in [0.25, 0.3) is 0 Å². The van der Waals surface area contributed by atoms with Crippen molar-refractivity contribution in [1.82, 2.24) is 0 Å². The van der Waals surface area contributed by atoms with E-state index in [1.807, 2.05) is 6.92 Å². The summed E-state index contributed by atoms with van der Waals surface area (Å²) in [5.74, 6) is 0.585. The minimum absolute atomic E-state index is 0.0427. The van der Waals surface area contributed by atoms with Crippen molar-refractivity contribution in [3.8, 4) is 5.75 Å². The summed E-state index contributed by atoms with van der Waals surface area (Å²) < 4.78 is 10.3. The second-order valence-corrected chi connectivity index (χ2v) is 3.17. The van der Waals surface area contributed by atoms with Crippen molar-refractivity contribution in [3.63, 3.8) is 0 Å². The minimum atomic E-state index is -0.468. The smallest absolute Gasteiger partial charge is 0.312 e. The highest BCUT2D eigenvalue weighted by atomic mass is 16.6. The quantitative estimate of drug-likeness (QED) is 0.560. The molecule has 0 unspecified atom stereocenters. The molecule has 1 aromatic carbocycles. The van der Waals surface area contributed by atoms with E-state index in [9.17, 15) is 10.1 Å². The van der Waals surface area contributed by atoms with Crippen LogP contribution in [-0.2, 0) is 0 Å². The Labute approximate surface area is 85.4 Å². The third-order valence-corrected chi connectivity index (χ3v) is 2.26. The number of nitro benzene ring substituents is 1. The highest BCUT2D eigenvalue weighted by Crippen LogP contribution is 2.36. The molecule has 1 aromatic heterocycles. The van der Waals surface area contributed by atoms with Gasteiger partial charge in [-0.25, -0.2) is 0 Å². The molecular weight excluding hydrogens is 198 g/mol. The van der Waals surface area contributed by atoms with E-state index in [4.69, 9.17) is 9.15 Å². The lowest BCUT2D eigenvalue weighted by Crippen LogP contribution is -1.90. The zero-order valence-electron chi connectivity index (χ0n) is 8.31. The number of hydrogen-bond acceptors (Lipinski definition) is 4. The second-order valence-electron chi connectivity index (χ2n) is 3.17. The van der Waals surface area contributed by atoms with E-state index < -0.39 is 4.92 Å². The zero-order chi connectivity index (χ0) is 11.0. The summed E-state index contributed by atoms with van der Waals surface area (Å²) in [7, 11) is 1.52. The Morgan fingerprint density at radius 2 is 2.20 bits per heavy atom. The summed E-state index contributed by atoms with van der Waals surface area (Å²) in [6.07, 6.45) is 1.49. The molecule has 2 rings (SSSR count). The predicted molar refractivity (Wildman–Crippen MR) is 54.2 cm³/mol. The fourth-order valence-corrected chi connectivity index (χ4v) is 1.57. The number of hydrogen-bond donors (Lipinski definition) is 0. The van der Waals surface area contributed by atoms with Gasteiger partial charge in [0.2, 0.25) is 5.58 Å². The van der Waals surface area contributed by atoms with Gasteiger partial charge in [0.05, 0.1) is 23.7 Å². The number of non-ortho nitro benzene ring substituents is 1. The fourth-order valence-electron chi connectivity index (χ4n) is 1.57. The number of rotatable bonds is 2. The molecule has 15 heavy (non-hydrogen) atoms. The number of nitro groups is 1. The first kappa shape index (κ1) is 9.51. The van der Waals surface area contributed by atoms with Gasteiger partial charge in [0.1, 0.15) is 5.75 Å². The van der Waals surface area contributed by atoms with Crippen LogP contribution in [0.25, 0.3) is 11.0 Å². The topological polar surface area (TPSA) is 65.5 Å². The summed E-state index contributed by atoms with van der Waals surface area (Å²) in [5, 5.41) is 11.4. The molecule has 0 saturated carbocycles. The Bertz CT molecular complexity index is 529. The van der Waals surface area contributed by atoms with Crippen LogP contribution in [0, 0.1) is 17.0 Å². The standard InChI is InChI=1S/C10H9NO4/c1-6-5-15-10-7(11(12)13)3-4-8(14-2)9(6)10/h3-5H,1-2H3. The summed E-state index contributed by atoms with van der Waals surface area (Å²) in [5.41, 5.74) is 1.04. The molecule has 1 heterocycles. The molecule has 0 atom stereocenters. The number of fused-ring (bicyclic) bond motifs is 1. The molecule has 2 aromatic rings. The first-order valence-corrected chi connectivity index (χ1v) is 4.34. The van der Waals surface area contributed by atoms with Crippen LogP contribution in [0.1, 0.15) is 5.56 Å². The largest absolute Gasteiger partial charge is 0.496 e. The number of aryl methyl sites for hydroxylation is 1. The normalized spacial score (nSPS) is 10.5.